The van der Waals surface area contributed by atoms with Gasteiger partial charge in [0.1, 0.15) is 6.07 Å². The van der Waals surface area contributed by atoms with Crippen LogP contribution in [0, 0.1) is 17.9 Å². The molecule has 0 radical (unpaired) electrons. The van der Waals surface area contributed by atoms with E-state index in [1.807, 2.05) is 26.8 Å². The molecule has 168 valence electrons. The number of ether oxygens (including phenoxy) is 1. The first-order chi connectivity index (χ1) is 14.6. The molecule has 0 saturated carbocycles. The van der Waals surface area contributed by atoms with Crippen molar-refractivity contribution in [2.75, 3.05) is 24.7 Å². The molecule has 12 heteroatoms. The van der Waals surface area contributed by atoms with Gasteiger partial charge >= 0.3 is 11.9 Å². The highest BCUT2D eigenvalue weighted by atomic mass is 32.2. The Bertz CT molecular complexity index is 1040. The number of pyridine rings is 1. The first-order valence-electron chi connectivity index (χ1n) is 9.57. The number of aliphatic hydroxyl groups is 1. The van der Waals surface area contributed by atoms with Crippen molar-refractivity contribution in [1.29, 1.82) is 0 Å². The van der Waals surface area contributed by atoms with Gasteiger partial charge in [-0.3, -0.25) is 0 Å². The SMILES string of the molecule is COc1ccc([C@H](C)Sc2nc([N+]#CC(CO)CC(C)C)nc(NS(C)(=O)=O)n2)cn1. The first-order valence-corrected chi connectivity index (χ1v) is 12.3. The van der Waals surface area contributed by atoms with Gasteiger partial charge in [-0.15, -0.1) is 0 Å². The van der Waals surface area contributed by atoms with E-state index in [4.69, 9.17) is 4.74 Å². The standard InChI is InChI=1S/C19H27N6O4S2/c1-12(2)8-14(11-26)9-21-17-22-18(25-31(5,27)28)24-19(23-17)30-13(3)15-6-7-16(29-4)20-10-15/h6-7,10,12-14,26H,8,11H2,1-5H3,(H,22,23,24,25)/q+1/t13-,14?/m0/s1. The Morgan fingerprint density at radius 2 is 2.00 bits per heavy atom. The number of nitrogens with one attached hydrogen (secondary N) is 1. The third-order valence-corrected chi connectivity index (χ3v) is 5.50. The van der Waals surface area contributed by atoms with Crippen LogP contribution in [0.2, 0.25) is 0 Å². The average Bonchev–Trinajstić information content (AvgIpc) is 2.69. The van der Waals surface area contributed by atoms with Gasteiger partial charge in [0.25, 0.3) is 5.16 Å². The van der Waals surface area contributed by atoms with Crippen LogP contribution in [0.5, 0.6) is 5.88 Å². The summed E-state index contributed by atoms with van der Waals surface area (Å²) in [4.78, 5) is 20.8. The van der Waals surface area contributed by atoms with E-state index in [0.717, 1.165) is 11.8 Å². The quantitative estimate of drug-likeness (QED) is 0.534. The summed E-state index contributed by atoms with van der Waals surface area (Å²) >= 11 is 1.30. The van der Waals surface area contributed by atoms with Crippen LogP contribution in [0.4, 0.5) is 11.9 Å². The predicted molar refractivity (Wildman–Crippen MR) is 120 cm³/mol. The summed E-state index contributed by atoms with van der Waals surface area (Å²) in [6, 6.07) is 6.48. The zero-order valence-corrected chi connectivity index (χ0v) is 19.7. The third-order valence-electron chi connectivity index (χ3n) is 3.92. The smallest absolute Gasteiger partial charge is 0.481 e. The molecule has 0 aliphatic rings. The number of hydrogen-bond acceptors (Lipinski definition) is 9. The zero-order valence-electron chi connectivity index (χ0n) is 18.1. The molecule has 1 unspecified atom stereocenters. The Morgan fingerprint density at radius 1 is 1.26 bits per heavy atom. The van der Waals surface area contributed by atoms with E-state index in [9.17, 15) is 13.5 Å². The summed E-state index contributed by atoms with van der Waals surface area (Å²) in [7, 11) is -2.04. The van der Waals surface area contributed by atoms with Crippen LogP contribution in [-0.4, -0.2) is 53.4 Å². The van der Waals surface area contributed by atoms with Crippen molar-refractivity contribution in [2.24, 2.45) is 11.8 Å². The molecule has 0 amide bonds. The Labute approximate surface area is 186 Å². The topological polar surface area (TPSA) is 132 Å². The minimum Gasteiger partial charge on any atom is -0.481 e. The van der Waals surface area contributed by atoms with Crippen molar-refractivity contribution < 1.29 is 18.3 Å². The van der Waals surface area contributed by atoms with E-state index in [1.165, 1.54) is 11.8 Å². The largest absolute Gasteiger partial charge is 0.536 e. The number of sulfonamides is 1. The second-order valence-corrected chi connectivity index (χ2v) is 10.3. The number of nitrogens with zero attached hydrogens (tertiary/aromatic N) is 5. The number of hydrogen-bond donors (Lipinski definition) is 2. The van der Waals surface area contributed by atoms with Crippen LogP contribution in [0.3, 0.4) is 0 Å². The summed E-state index contributed by atoms with van der Waals surface area (Å²) in [5, 5.41) is 9.71. The van der Waals surface area contributed by atoms with Crippen LogP contribution in [0.1, 0.15) is 38.0 Å². The van der Waals surface area contributed by atoms with E-state index < -0.39 is 10.0 Å². The minimum absolute atomic E-state index is 0.00547. The average molecular weight is 468 g/mol. The summed E-state index contributed by atoms with van der Waals surface area (Å²) < 4.78 is 30.6. The molecule has 0 fully saturated rings. The number of rotatable bonds is 9. The Balaban J connectivity index is 2.32. The molecular formula is C19H27N6O4S2+. The lowest BCUT2D eigenvalue weighted by molar-refractivity contribution is 0.240. The summed E-state index contributed by atoms with van der Waals surface area (Å²) in [6.45, 7) is 5.91. The van der Waals surface area contributed by atoms with Gasteiger partial charge in [-0.1, -0.05) is 31.7 Å². The lowest BCUT2D eigenvalue weighted by Gasteiger charge is -2.09. The highest BCUT2D eigenvalue weighted by molar-refractivity contribution is 7.99. The van der Waals surface area contributed by atoms with Crippen LogP contribution >= 0.6 is 11.8 Å². The molecule has 0 bridgehead atoms. The predicted octanol–water partition coefficient (Wildman–Crippen LogP) is 3.12. The summed E-state index contributed by atoms with van der Waals surface area (Å²) in [5.74, 6) is 0.456. The molecule has 0 spiro atoms. The van der Waals surface area contributed by atoms with Gasteiger partial charge in [0, 0.05) is 17.5 Å². The van der Waals surface area contributed by atoms with Gasteiger partial charge < -0.3 is 9.84 Å². The van der Waals surface area contributed by atoms with Gasteiger partial charge in [-0.25, -0.2) is 18.1 Å². The van der Waals surface area contributed by atoms with Crippen molar-refractivity contribution in [1.82, 2.24) is 19.9 Å². The molecular weight excluding hydrogens is 440 g/mol. The second kappa shape index (κ2) is 11.2. The van der Waals surface area contributed by atoms with E-state index in [1.54, 1.807) is 19.4 Å². The Kier molecular flexibility index (Phi) is 8.97. The van der Waals surface area contributed by atoms with Gasteiger partial charge in [0.05, 0.1) is 25.9 Å². The molecule has 0 aliphatic heterocycles. The number of aromatic nitrogens is 4. The van der Waals surface area contributed by atoms with Crippen molar-refractivity contribution in [3.8, 4) is 11.9 Å². The maximum atomic E-state index is 11.6. The molecule has 2 atom stereocenters. The van der Waals surface area contributed by atoms with Crippen molar-refractivity contribution in [3.05, 3.63) is 28.7 Å². The molecule has 0 saturated heterocycles. The number of methoxy groups -OCH3 is 1. The van der Waals surface area contributed by atoms with Crippen molar-refractivity contribution in [3.63, 3.8) is 0 Å². The molecule has 2 aromatic heterocycles. The molecule has 2 rings (SSSR count). The van der Waals surface area contributed by atoms with E-state index in [2.05, 4.69) is 35.6 Å². The van der Waals surface area contributed by atoms with Crippen LogP contribution < -0.4 is 9.46 Å². The zero-order chi connectivity index (χ0) is 23.0. The first kappa shape index (κ1) is 24.8. The summed E-state index contributed by atoms with van der Waals surface area (Å²) in [6.07, 6.45) is 3.40. The Morgan fingerprint density at radius 3 is 2.55 bits per heavy atom. The van der Waals surface area contributed by atoms with Gasteiger partial charge in [-0.2, -0.15) is 9.83 Å². The monoisotopic (exact) mass is 467 g/mol. The van der Waals surface area contributed by atoms with Crippen LogP contribution in [0.15, 0.2) is 23.5 Å². The van der Waals surface area contributed by atoms with Gasteiger partial charge in [0.15, 0.2) is 0 Å². The fourth-order valence-electron chi connectivity index (χ4n) is 2.53. The number of anilines is 1. The van der Waals surface area contributed by atoms with E-state index in [-0.39, 0.29) is 34.8 Å². The fraction of sp³-hybridized carbons (Fsp3) is 0.526. The molecule has 0 aromatic carbocycles. The lowest BCUT2D eigenvalue weighted by Crippen LogP contribution is -2.13. The van der Waals surface area contributed by atoms with Gasteiger partial charge in [-0.05, 0) is 34.8 Å². The van der Waals surface area contributed by atoms with Crippen LogP contribution in [0.25, 0.3) is 4.85 Å². The molecule has 2 heterocycles. The highest BCUT2D eigenvalue weighted by Gasteiger charge is 2.22. The number of aliphatic hydroxyl groups excluding tert-OH is 1. The molecule has 2 aromatic rings. The second-order valence-electron chi connectivity index (χ2n) is 7.26. The lowest BCUT2D eigenvalue weighted by atomic mass is 9.99. The molecule has 2 N–H and O–H groups in total. The van der Waals surface area contributed by atoms with E-state index >= 15 is 0 Å². The normalized spacial score (nSPS) is 13.3. The maximum absolute atomic E-state index is 11.6. The maximum Gasteiger partial charge on any atom is 0.536 e. The van der Waals surface area contributed by atoms with Crippen LogP contribution in [-0.2, 0) is 10.0 Å². The third kappa shape index (κ3) is 8.64. The molecule has 0 aliphatic carbocycles. The fourth-order valence-corrected chi connectivity index (χ4v) is 3.81. The molecule has 10 nitrogen and oxygen atoms in total. The van der Waals surface area contributed by atoms with Crippen molar-refractivity contribution in [2.45, 2.75) is 37.6 Å². The van der Waals surface area contributed by atoms with E-state index in [0.29, 0.717) is 18.2 Å². The highest BCUT2D eigenvalue weighted by Crippen LogP contribution is 2.33. The van der Waals surface area contributed by atoms with Crippen molar-refractivity contribution >= 4 is 33.7 Å². The number of thioether (sulfide) groups is 1. The van der Waals surface area contributed by atoms with Gasteiger partial charge in [0.2, 0.25) is 15.9 Å². The molecule has 31 heavy (non-hydrogen) atoms. The Hall–Kier alpha value is -2.49. The minimum atomic E-state index is -3.59. The summed E-state index contributed by atoms with van der Waals surface area (Å²) in [5.41, 5.74) is 0.915.